The van der Waals surface area contributed by atoms with Crippen LogP contribution in [0.5, 0.6) is 0 Å². The molecule has 0 spiro atoms. The molecule has 0 aromatic heterocycles. The Kier molecular flexibility index (Phi) is 3.06. The highest BCUT2D eigenvalue weighted by Gasteiger charge is 2.65. The summed E-state index contributed by atoms with van der Waals surface area (Å²) in [5, 5.41) is 0. The lowest BCUT2D eigenvalue weighted by molar-refractivity contribution is 0.0316. The van der Waals surface area contributed by atoms with Crippen LogP contribution in [0.2, 0.25) is 0 Å². The van der Waals surface area contributed by atoms with Crippen LogP contribution in [-0.2, 0) is 0 Å². The minimum absolute atomic E-state index is 0.152. The van der Waals surface area contributed by atoms with Gasteiger partial charge in [-0.3, -0.25) is 14.5 Å². The Morgan fingerprint density at radius 2 is 1.36 bits per heavy atom. The third-order valence-electron chi connectivity index (χ3n) is 7.19. The number of nitrogens with zero attached hydrogens (tertiary/aromatic N) is 1. The van der Waals surface area contributed by atoms with Crippen molar-refractivity contribution in [1.82, 2.24) is 4.90 Å². The zero-order valence-corrected chi connectivity index (χ0v) is 14.1. The zero-order valence-electron chi connectivity index (χ0n) is 14.1. The van der Waals surface area contributed by atoms with E-state index in [-0.39, 0.29) is 11.3 Å². The smallest absolute Gasteiger partial charge is 0.265 e. The summed E-state index contributed by atoms with van der Waals surface area (Å²) in [5.41, 5.74) is -2.55. The predicted octanol–water partition coefficient (Wildman–Crippen LogP) is 4.05. The summed E-state index contributed by atoms with van der Waals surface area (Å²) in [4.78, 5) is 26.2. The first kappa shape index (κ1) is 16.5. The Morgan fingerprint density at radius 1 is 0.880 bits per heavy atom. The second-order valence-electron chi connectivity index (χ2n) is 8.11. The van der Waals surface area contributed by atoms with Crippen LogP contribution in [0.4, 0.5) is 17.6 Å². The Balaban J connectivity index is 1.86. The summed E-state index contributed by atoms with van der Waals surface area (Å²) in [6, 6.07) is -0.543. The molecule has 2 amide bonds. The molecular weight excluding hydrogens is 338 g/mol. The van der Waals surface area contributed by atoms with E-state index < -0.39 is 57.7 Å². The summed E-state index contributed by atoms with van der Waals surface area (Å²) >= 11 is 0. The molecule has 0 unspecified atom stereocenters. The van der Waals surface area contributed by atoms with E-state index in [1.54, 1.807) is 0 Å². The maximum Gasteiger partial charge on any atom is 0.265 e. The van der Waals surface area contributed by atoms with Crippen LogP contribution >= 0.6 is 0 Å². The normalized spacial score (nSPS) is 32.7. The Morgan fingerprint density at radius 3 is 1.72 bits per heavy atom. The van der Waals surface area contributed by atoms with E-state index in [9.17, 15) is 27.2 Å². The van der Waals surface area contributed by atoms with Crippen molar-refractivity contribution in [3.63, 3.8) is 0 Å². The standard InChI is InChI=1S/C18H17F4NO2/c1-17(2)7-4-5-18(17,3)8(6-7)23-15(24)9-10(16(23)25)12(20)14(22)13(21)11(9)19/h7-8H,4-6H2,1-3H3/t7-,8+,18-/m1/s1. The Labute approximate surface area is 142 Å². The molecular formula is C18H17F4NO2. The van der Waals surface area contributed by atoms with Crippen molar-refractivity contribution in [2.24, 2.45) is 16.7 Å². The lowest BCUT2D eigenvalue weighted by Gasteiger charge is -2.42. The largest absolute Gasteiger partial charge is 0.270 e. The first-order chi connectivity index (χ1) is 11.5. The van der Waals surface area contributed by atoms with Crippen LogP contribution < -0.4 is 0 Å². The van der Waals surface area contributed by atoms with Gasteiger partial charge in [0, 0.05) is 6.04 Å². The van der Waals surface area contributed by atoms with E-state index in [1.165, 1.54) is 0 Å². The molecule has 2 aliphatic carbocycles. The summed E-state index contributed by atoms with van der Waals surface area (Å²) in [5.74, 6) is -9.63. The summed E-state index contributed by atoms with van der Waals surface area (Å²) in [7, 11) is 0. The third-order valence-corrected chi connectivity index (χ3v) is 7.19. The number of halogens is 4. The number of carbonyl (C=O) groups is 2. The molecule has 134 valence electrons. The van der Waals surface area contributed by atoms with Gasteiger partial charge in [0.2, 0.25) is 0 Å². The van der Waals surface area contributed by atoms with E-state index >= 15 is 0 Å². The van der Waals surface area contributed by atoms with Crippen molar-refractivity contribution in [3.8, 4) is 0 Å². The lowest BCUT2D eigenvalue weighted by atomic mass is 9.69. The van der Waals surface area contributed by atoms with E-state index in [0.29, 0.717) is 6.42 Å². The van der Waals surface area contributed by atoms with Gasteiger partial charge in [-0.05, 0) is 36.0 Å². The van der Waals surface area contributed by atoms with Gasteiger partial charge in [0.15, 0.2) is 23.3 Å². The summed E-state index contributed by atoms with van der Waals surface area (Å²) in [6.07, 6.45) is 2.26. The molecule has 0 saturated heterocycles. The highest BCUT2D eigenvalue weighted by atomic mass is 19.2. The maximum absolute atomic E-state index is 14.1. The van der Waals surface area contributed by atoms with E-state index in [1.807, 2.05) is 6.92 Å². The molecule has 2 saturated carbocycles. The number of amides is 2. The molecule has 0 radical (unpaired) electrons. The van der Waals surface area contributed by atoms with Crippen LogP contribution in [-0.4, -0.2) is 22.8 Å². The number of carbonyl (C=O) groups excluding carboxylic acids is 2. The van der Waals surface area contributed by atoms with Crippen LogP contribution in [0.3, 0.4) is 0 Å². The third kappa shape index (κ3) is 1.67. The average Bonchev–Trinajstić information content (AvgIpc) is 3.02. The SMILES string of the molecule is CC1(C)[C@@H]2CC[C@]1(C)[C@@H](N1C(=O)c3c(F)c(F)c(F)c(F)c3C1=O)C2. The first-order valence-corrected chi connectivity index (χ1v) is 8.28. The van der Waals surface area contributed by atoms with Crippen molar-refractivity contribution >= 4 is 11.8 Å². The molecule has 1 heterocycles. The fraction of sp³-hybridized carbons (Fsp3) is 0.556. The Bertz CT molecular complexity index is 803. The number of rotatable bonds is 1. The molecule has 1 aromatic carbocycles. The van der Waals surface area contributed by atoms with Gasteiger partial charge in [-0.2, -0.15) is 0 Å². The van der Waals surface area contributed by atoms with E-state index in [0.717, 1.165) is 17.7 Å². The van der Waals surface area contributed by atoms with Gasteiger partial charge in [-0.1, -0.05) is 20.8 Å². The molecule has 0 N–H and O–H groups in total. The second-order valence-corrected chi connectivity index (χ2v) is 8.11. The van der Waals surface area contributed by atoms with Crippen LogP contribution in [0.25, 0.3) is 0 Å². The predicted molar refractivity (Wildman–Crippen MR) is 79.8 cm³/mol. The molecule has 1 aromatic rings. The van der Waals surface area contributed by atoms with Gasteiger partial charge in [-0.15, -0.1) is 0 Å². The molecule has 1 aliphatic heterocycles. The minimum atomic E-state index is -2.07. The summed E-state index contributed by atoms with van der Waals surface area (Å²) < 4.78 is 55.2. The van der Waals surface area contributed by atoms with Gasteiger partial charge < -0.3 is 0 Å². The molecule has 4 rings (SSSR count). The number of fused-ring (bicyclic) bond motifs is 3. The van der Waals surface area contributed by atoms with Gasteiger partial charge in [0.05, 0.1) is 11.1 Å². The van der Waals surface area contributed by atoms with Crippen molar-refractivity contribution in [1.29, 1.82) is 0 Å². The second kappa shape index (κ2) is 4.62. The fourth-order valence-corrected chi connectivity index (χ4v) is 5.20. The van der Waals surface area contributed by atoms with Crippen molar-refractivity contribution in [3.05, 3.63) is 34.4 Å². The zero-order chi connectivity index (χ0) is 18.5. The van der Waals surface area contributed by atoms with Crippen molar-refractivity contribution in [2.45, 2.75) is 46.1 Å². The van der Waals surface area contributed by atoms with Gasteiger partial charge >= 0.3 is 0 Å². The van der Waals surface area contributed by atoms with E-state index in [4.69, 9.17) is 0 Å². The van der Waals surface area contributed by atoms with Crippen LogP contribution in [0, 0.1) is 40.0 Å². The average molecular weight is 355 g/mol. The molecule has 2 fully saturated rings. The quantitative estimate of drug-likeness (QED) is 0.330. The fourth-order valence-electron chi connectivity index (χ4n) is 5.20. The number of benzene rings is 1. The highest BCUT2D eigenvalue weighted by Crippen LogP contribution is 2.67. The van der Waals surface area contributed by atoms with Crippen molar-refractivity contribution < 1.29 is 27.2 Å². The first-order valence-electron chi connectivity index (χ1n) is 8.28. The summed E-state index contributed by atoms with van der Waals surface area (Å²) in [6.45, 7) is 6.08. The molecule has 3 nitrogen and oxygen atoms in total. The monoisotopic (exact) mass is 355 g/mol. The minimum Gasteiger partial charge on any atom is -0.270 e. The molecule has 3 aliphatic rings. The van der Waals surface area contributed by atoms with Crippen LogP contribution in [0.15, 0.2) is 0 Å². The molecule has 25 heavy (non-hydrogen) atoms. The highest BCUT2D eigenvalue weighted by molar-refractivity contribution is 6.22. The maximum atomic E-state index is 14.1. The Hall–Kier alpha value is -1.92. The molecule has 7 heteroatoms. The van der Waals surface area contributed by atoms with Gasteiger partial charge in [0.25, 0.3) is 11.8 Å². The topological polar surface area (TPSA) is 37.4 Å². The molecule has 3 atom stereocenters. The van der Waals surface area contributed by atoms with E-state index in [2.05, 4.69) is 13.8 Å². The van der Waals surface area contributed by atoms with Gasteiger partial charge in [0.1, 0.15) is 0 Å². The van der Waals surface area contributed by atoms with Crippen LogP contribution in [0.1, 0.15) is 60.7 Å². The van der Waals surface area contributed by atoms with Gasteiger partial charge in [-0.25, -0.2) is 17.6 Å². The molecule has 2 bridgehead atoms. The number of hydrogen-bond donors (Lipinski definition) is 0. The van der Waals surface area contributed by atoms with Crippen molar-refractivity contribution in [2.75, 3.05) is 0 Å². The number of hydrogen-bond acceptors (Lipinski definition) is 2. The lowest BCUT2D eigenvalue weighted by Crippen LogP contribution is -2.49. The number of imide groups is 1.